The van der Waals surface area contributed by atoms with Crippen molar-refractivity contribution in [3.8, 4) is 5.75 Å². The van der Waals surface area contributed by atoms with E-state index in [0.29, 0.717) is 24.8 Å². The lowest BCUT2D eigenvalue weighted by Gasteiger charge is -2.30. The van der Waals surface area contributed by atoms with E-state index in [0.717, 1.165) is 50.0 Å². The minimum Gasteiger partial charge on any atom is -0.508 e. The van der Waals surface area contributed by atoms with Crippen molar-refractivity contribution >= 4 is 140 Å². The highest BCUT2D eigenvalue weighted by molar-refractivity contribution is 8.76. The summed E-state index contributed by atoms with van der Waals surface area (Å²) in [6.45, 7) is 5.63. The molecule has 3 heterocycles. The van der Waals surface area contributed by atoms with Gasteiger partial charge in [0.15, 0.2) is 0 Å². The molecule has 101 heavy (non-hydrogen) atoms. The van der Waals surface area contributed by atoms with Crippen molar-refractivity contribution in [1.29, 1.82) is 0 Å². The number of primary amides is 2. The molecule has 1 aromatic rings. The molecule has 4 rings (SSSR count). The number of nitrogens with two attached hydrogens (primary N) is 4. The average Bonchev–Trinajstić information content (AvgIpc) is 1.71. The molecule has 0 radical (unpaired) electrons. The number of rotatable bonds is 24. The van der Waals surface area contributed by atoms with E-state index in [1.807, 2.05) is 0 Å². The highest BCUT2D eigenvalue weighted by atomic mass is 33.1. The number of hydrogen-bond donors (Lipinski definition) is 18. The summed E-state index contributed by atoms with van der Waals surface area (Å²) in [5.74, 6) is -15.9. The first-order chi connectivity index (χ1) is 47.9. The first-order valence-corrected chi connectivity index (χ1v) is 37.6. The summed E-state index contributed by atoms with van der Waals surface area (Å²) in [5.41, 5.74) is 23.8. The predicted molar refractivity (Wildman–Crippen MR) is 375 cm³/mol. The summed E-state index contributed by atoms with van der Waals surface area (Å²) < 4.78 is 0. The van der Waals surface area contributed by atoms with E-state index in [4.69, 9.17) is 22.9 Å². The predicted octanol–water partition coefficient (Wildman–Crippen LogP) is -6.68. The Hall–Kier alpha value is -8.18. The lowest BCUT2D eigenvalue weighted by atomic mass is 9.99. The molecule has 562 valence electrons. The average molecular weight is 1500 g/mol. The maximum atomic E-state index is 14.7. The van der Waals surface area contributed by atoms with Gasteiger partial charge in [-0.25, -0.2) is 0 Å². The van der Waals surface area contributed by atoms with E-state index < -0.39 is 198 Å². The van der Waals surface area contributed by atoms with Gasteiger partial charge in [-0.1, -0.05) is 54.0 Å². The molecule has 22 N–H and O–H groups in total. The van der Waals surface area contributed by atoms with E-state index in [-0.39, 0.29) is 93.1 Å². The van der Waals surface area contributed by atoms with Gasteiger partial charge in [-0.15, -0.1) is 23.5 Å². The third kappa shape index (κ3) is 28.6. The van der Waals surface area contributed by atoms with Crippen LogP contribution in [-0.4, -0.2) is 255 Å². The van der Waals surface area contributed by atoms with Gasteiger partial charge in [0.2, 0.25) is 94.5 Å². The number of amides is 16. The minimum atomic E-state index is -1.83. The third-order valence-electron chi connectivity index (χ3n) is 16.4. The van der Waals surface area contributed by atoms with Crippen molar-refractivity contribution in [1.82, 2.24) is 73.6 Å². The van der Waals surface area contributed by atoms with E-state index >= 15 is 0 Å². The molecule has 3 aliphatic heterocycles. The van der Waals surface area contributed by atoms with Gasteiger partial charge < -0.3 is 107 Å². The number of unbranched alkanes of at least 4 members (excludes halogenated alkanes) is 1. The number of carbonyl (C=O) groups is 16. The van der Waals surface area contributed by atoms with Crippen LogP contribution in [0.2, 0.25) is 0 Å². The van der Waals surface area contributed by atoms with Crippen LogP contribution < -0.4 is 86.7 Å². The minimum absolute atomic E-state index is 0.0110. The Bertz CT molecular complexity index is 3110. The Morgan fingerprint density at radius 2 is 1.24 bits per heavy atom. The second kappa shape index (κ2) is 43.6. The first kappa shape index (κ1) is 85.2. The third-order valence-corrected chi connectivity index (χ3v) is 20.6. The highest BCUT2D eigenvalue weighted by Crippen LogP contribution is 2.25. The first-order valence-electron chi connectivity index (χ1n) is 32.8. The summed E-state index contributed by atoms with van der Waals surface area (Å²) in [4.78, 5) is 222. The molecule has 0 aromatic heterocycles. The molecule has 0 aliphatic carbocycles. The van der Waals surface area contributed by atoms with Crippen molar-refractivity contribution in [3.05, 3.63) is 29.8 Å². The Morgan fingerprint density at radius 3 is 1.85 bits per heavy atom. The summed E-state index contributed by atoms with van der Waals surface area (Å²) in [5, 5.41) is 51.0. The number of nitrogens with zero attached hydrogens (tertiary/aromatic N) is 2. The Balaban J connectivity index is 1.80. The standard InChI is InChI=1S/C61H96N18O18S4/c1-6-31(2)49(64)60(96)77-43(26-99-30-68-34(5)82)56(92)76-44-28-101-100-27-41(50(65)86)74-55(91)40(24-80)73-54(90)38(21-35-14-16-36(83)17-15-35)71-53(89)37(11-7-8-18-62)70-59(95)45-12-9-19-78(45)48(85)23-66-52(88)42(25-98-29-67-33(4)81)75-51(87)32(3)69-58(94)46-13-10-20-79(46)61(97)39(22-47(63)84)72-57(44)93/h14-17,31-32,37-46,49,80,83H,6-13,18-30,62,64H2,1-5H3,(H2,63,84)(H2,65,86)(H,66,88)(H,67,81)(H,68,82)(H,69,94)(H,70,95)(H,71,89)(H,72,93)(H,73,90)(H,74,91)(H,75,87)(H,76,92)(H,77,96)/t31-,32-,37-,38-,39-,40-,41-,42-,43-,44-,45-,46-,49-/m0/s1. The number of phenols is 1. The van der Waals surface area contributed by atoms with E-state index in [9.17, 15) is 86.9 Å². The number of hydrogen-bond acceptors (Lipinski definition) is 24. The van der Waals surface area contributed by atoms with Crippen LogP contribution in [-0.2, 0) is 83.1 Å². The monoisotopic (exact) mass is 1500 g/mol. The second-order valence-electron chi connectivity index (χ2n) is 24.3. The summed E-state index contributed by atoms with van der Waals surface area (Å²) in [6, 6.07) is -12.3. The summed E-state index contributed by atoms with van der Waals surface area (Å²) in [6.07, 6.45) is 0.609. The van der Waals surface area contributed by atoms with Crippen molar-refractivity contribution in [2.75, 3.05) is 67.6 Å². The van der Waals surface area contributed by atoms with E-state index in [2.05, 4.69) is 63.8 Å². The van der Waals surface area contributed by atoms with Gasteiger partial charge in [0.1, 0.15) is 72.2 Å². The maximum absolute atomic E-state index is 14.7. The number of aromatic hydroxyl groups is 1. The largest absolute Gasteiger partial charge is 0.508 e. The molecular weight excluding hydrogens is 1400 g/mol. The Labute approximate surface area is 600 Å². The van der Waals surface area contributed by atoms with Gasteiger partial charge in [-0.05, 0) is 82.0 Å². The molecule has 0 spiro atoms. The molecule has 40 heteroatoms. The number of aliphatic hydroxyl groups is 1. The molecular formula is C61H96N18O18S4. The lowest BCUT2D eigenvalue weighted by Crippen LogP contribution is -2.61. The van der Waals surface area contributed by atoms with Crippen molar-refractivity contribution < 1.29 is 86.9 Å². The van der Waals surface area contributed by atoms with Crippen molar-refractivity contribution in [2.45, 2.75) is 171 Å². The quantitative estimate of drug-likeness (QED) is 0.0260. The van der Waals surface area contributed by atoms with Gasteiger partial charge in [-0.3, -0.25) is 76.7 Å². The summed E-state index contributed by atoms with van der Waals surface area (Å²) in [7, 11) is 1.62. The number of aliphatic hydroxyl groups excluding tert-OH is 1. The number of fused-ring (bicyclic) bond motifs is 2. The van der Waals surface area contributed by atoms with Crippen LogP contribution in [0.25, 0.3) is 0 Å². The Kier molecular flexibility index (Phi) is 36.8. The lowest BCUT2D eigenvalue weighted by molar-refractivity contribution is -0.143. The van der Waals surface area contributed by atoms with Gasteiger partial charge in [0.25, 0.3) is 0 Å². The van der Waals surface area contributed by atoms with Crippen molar-refractivity contribution in [2.24, 2.45) is 28.9 Å². The number of nitrogens with one attached hydrogen (secondary N) is 12. The fourth-order valence-electron chi connectivity index (χ4n) is 10.4. The van der Waals surface area contributed by atoms with E-state index in [1.165, 1.54) is 49.9 Å². The molecule has 0 saturated carbocycles. The molecule has 3 fully saturated rings. The highest BCUT2D eigenvalue weighted by Gasteiger charge is 2.42. The number of thioether (sulfide) groups is 2. The molecule has 0 unspecified atom stereocenters. The smallest absolute Gasteiger partial charge is 0.246 e. The number of benzene rings is 1. The zero-order valence-corrected chi connectivity index (χ0v) is 60.2. The number of carbonyl (C=O) groups excluding carboxylic acids is 16. The van der Waals surface area contributed by atoms with E-state index in [1.54, 1.807) is 13.8 Å². The van der Waals surface area contributed by atoms with Gasteiger partial charge >= 0.3 is 0 Å². The summed E-state index contributed by atoms with van der Waals surface area (Å²) >= 11 is 2.03. The zero-order chi connectivity index (χ0) is 75.0. The van der Waals surface area contributed by atoms with Gasteiger partial charge in [0.05, 0.1) is 37.4 Å². The van der Waals surface area contributed by atoms with Crippen LogP contribution in [0.5, 0.6) is 5.75 Å². The molecule has 13 atom stereocenters. The fourth-order valence-corrected chi connectivity index (χ4v) is 14.5. The second-order valence-corrected chi connectivity index (χ2v) is 28.9. The van der Waals surface area contributed by atoms with Crippen LogP contribution in [0.4, 0.5) is 0 Å². The van der Waals surface area contributed by atoms with Crippen LogP contribution in [0, 0.1) is 5.92 Å². The molecule has 3 aliphatic rings. The molecule has 0 bridgehead atoms. The van der Waals surface area contributed by atoms with Gasteiger partial charge in [0, 0.05) is 56.4 Å². The Morgan fingerprint density at radius 1 is 0.673 bits per heavy atom. The topological polar surface area (TPSA) is 568 Å². The van der Waals surface area contributed by atoms with Crippen LogP contribution in [0.3, 0.4) is 0 Å². The normalized spacial score (nSPS) is 24.8. The molecule has 36 nitrogen and oxygen atoms in total. The zero-order valence-electron chi connectivity index (χ0n) is 56.9. The van der Waals surface area contributed by atoms with Crippen molar-refractivity contribution in [3.63, 3.8) is 0 Å². The molecule has 1 aromatic carbocycles. The van der Waals surface area contributed by atoms with Crippen LogP contribution in [0.1, 0.15) is 98.0 Å². The molecule has 3 saturated heterocycles. The SMILES string of the molecule is CC[C@H](C)[C@H](N)C(=O)N[C@@H](CSCNC(C)=O)C(=O)N[C@H]1CSSC[C@@H](C(N)=O)NC(=O)[C@H](CO)NC(=O)[C@H](Cc2ccc(O)cc2)NC(=O)[C@H](CCCCN)NC(=O)[C@@H]2CCCN2C(=O)CNC(=O)[C@H](CSCNC(C)=O)NC(=O)[C@H](C)NC(=O)[C@@H]2CCCN2C(=O)[C@H](CC(N)=O)NC1=O. The van der Waals surface area contributed by atoms with Crippen LogP contribution >= 0.6 is 45.1 Å². The maximum Gasteiger partial charge on any atom is 0.246 e. The molecule has 16 amide bonds. The van der Waals surface area contributed by atoms with Gasteiger partial charge in [-0.2, -0.15) is 0 Å². The number of phenolic OH excluding ortho intramolecular Hbond substituents is 1. The fraction of sp³-hybridized carbons (Fsp3) is 0.639. The van der Waals surface area contributed by atoms with Crippen LogP contribution in [0.15, 0.2) is 24.3 Å².